The first kappa shape index (κ1) is 23.1. The van der Waals surface area contributed by atoms with Crippen molar-refractivity contribution in [3.63, 3.8) is 0 Å². The van der Waals surface area contributed by atoms with Crippen LogP contribution in [-0.4, -0.2) is 64.6 Å². The van der Waals surface area contributed by atoms with E-state index in [4.69, 9.17) is 9.47 Å². The van der Waals surface area contributed by atoms with Crippen LogP contribution in [-0.2, 0) is 0 Å². The van der Waals surface area contributed by atoms with Crippen LogP contribution in [0.15, 0.2) is 36.4 Å². The minimum absolute atomic E-state index is 0.00938. The van der Waals surface area contributed by atoms with Gasteiger partial charge in [-0.05, 0) is 57.2 Å². The van der Waals surface area contributed by atoms with Crippen molar-refractivity contribution >= 4 is 23.5 Å². The number of methoxy groups -OCH3 is 1. The number of benzene rings is 2. The fourth-order valence-corrected chi connectivity index (χ4v) is 5.16. The number of likely N-dealkylation sites (tertiary alicyclic amines) is 1. The van der Waals surface area contributed by atoms with Crippen molar-refractivity contribution in [3.05, 3.63) is 58.7 Å². The molecule has 1 saturated heterocycles. The molecule has 5 rings (SSSR count). The Hall–Kier alpha value is -3.68. The van der Waals surface area contributed by atoms with E-state index in [-0.39, 0.29) is 35.5 Å². The summed E-state index contributed by atoms with van der Waals surface area (Å²) in [6, 6.07) is 9.92. The zero-order valence-electron chi connectivity index (χ0n) is 20.3. The van der Waals surface area contributed by atoms with E-state index in [1.54, 1.807) is 63.1 Å². The van der Waals surface area contributed by atoms with E-state index in [1.807, 2.05) is 0 Å². The number of Topliss-reactive ketones (excluding diaryl/α,β-unsaturated/α-hetero) is 1. The number of amides is 3. The molecular formula is C27H28N2O6. The number of hydrogen-bond acceptors (Lipinski definition) is 6. The molecule has 8 nitrogen and oxygen atoms in total. The molecular weight excluding hydrogens is 448 g/mol. The quantitative estimate of drug-likeness (QED) is 0.614. The largest absolute Gasteiger partial charge is 0.497 e. The predicted octanol–water partition coefficient (Wildman–Crippen LogP) is 3.73. The summed E-state index contributed by atoms with van der Waals surface area (Å²) in [5.41, 5.74) is 0.189. The Labute approximate surface area is 203 Å². The Morgan fingerprint density at radius 1 is 0.943 bits per heavy atom. The fourth-order valence-electron chi connectivity index (χ4n) is 5.16. The van der Waals surface area contributed by atoms with Gasteiger partial charge in [-0.3, -0.25) is 24.1 Å². The number of rotatable bonds is 2. The molecule has 0 saturated carbocycles. The second kappa shape index (κ2) is 7.93. The van der Waals surface area contributed by atoms with E-state index in [0.29, 0.717) is 54.1 Å². The van der Waals surface area contributed by atoms with Gasteiger partial charge in [0.1, 0.15) is 17.1 Å². The Bertz CT molecular complexity index is 1270. The predicted molar refractivity (Wildman–Crippen MR) is 127 cm³/mol. The maximum atomic E-state index is 13.3. The number of ether oxygens (including phenoxy) is 2. The maximum absolute atomic E-state index is 13.3. The molecule has 1 spiro atoms. The fraction of sp³-hybridized carbons (Fsp3) is 0.407. The third-order valence-corrected chi connectivity index (χ3v) is 7.06. The molecule has 0 aliphatic carbocycles. The summed E-state index contributed by atoms with van der Waals surface area (Å²) in [4.78, 5) is 54.7. The number of fused-ring (bicyclic) bond motifs is 2. The smallest absolute Gasteiger partial charge is 0.262 e. The van der Waals surface area contributed by atoms with Crippen molar-refractivity contribution in [1.29, 1.82) is 0 Å². The van der Waals surface area contributed by atoms with Crippen LogP contribution in [0.3, 0.4) is 0 Å². The number of carbonyl (C=O) groups is 4. The van der Waals surface area contributed by atoms with Crippen molar-refractivity contribution in [3.8, 4) is 11.5 Å². The van der Waals surface area contributed by atoms with Gasteiger partial charge in [-0.2, -0.15) is 0 Å². The monoisotopic (exact) mass is 476 g/mol. The van der Waals surface area contributed by atoms with E-state index < -0.39 is 11.1 Å². The van der Waals surface area contributed by atoms with Crippen molar-refractivity contribution < 1.29 is 28.7 Å². The Balaban J connectivity index is 1.31. The summed E-state index contributed by atoms with van der Waals surface area (Å²) in [6.45, 7) is 6.26. The van der Waals surface area contributed by atoms with Gasteiger partial charge >= 0.3 is 0 Å². The summed E-state index contributed by atoms with van der Waals surface area (Å²) in [7, 11) is 1.56. The first-order valence-corrected chi connectivity index (χ1v) is 11.8. The average molecular weight is 477 g/mol. The van der Waals surface area contributed by atoms with Gasteiger partial charge in [-0.1, -0.05) is 0 Å². The molecule has 0 N–H and O–H groups in total. The zero-order valence-corrected chi connectivity index (χ0v) is 20.3. The van der Waals surface area contributed by atoms with Crippen LogP contribution in [0.1, 0.15) is 81.5 Å². The van der Waals surface area contributed by atoms with Gasteiger partial charge in [0.15, 0.2) is 5.78 Å². The lowest BCUT2D eigenvalue weighted by Gasteiger charge is -2.44. The molecule has 3 aliphatic rings. The van der Waals surface area contributed by atoms with Crippen LogP contribution in [0.4, 0.5) is 0 Å². The summed E-state index contributed by atoms with van der Waals surface area (Å²) in [5, 5.41) is 0. The molecule has 1 fully saturated rings. The van der Waals surface area contributed by atoms with Gasteiger partial charge in [0.05, 0.1) is 30.2 Å². The van der Waals surface area contributed by atoms with Gasteiger partial charge < -0.3 is 14.4 Å². The molecule has 0 atom stereocenters. The molecule has 0 bridgehead atoms. The number of nitrogens with zero attached hydrogens (tertiary/aromatic N) is 2. The van der Waals surface area contributed by atoms with Crippen molar-refractivity contribution in [2.45, 2.75) is 51.2 Å². The number of imide groups is 1. The van der Waals surface area contributed by atoms with Crippen LogP contribution in [0.5, 0.6) is 11.5 Å². The zero-order chi connectivity index (χ0) is 25.1. The average Bonchev–Trinajstić information content (AvgIpc) is 3.08. The van der Waals surface area contributed by atoms with Gasteiger partial charge in [-0.15, -0.1) is 0 Å². The molecule has 2 aromatic rings. The van der Waals surface area contributed by atoms with E-state index >= 15 is 0 Å². The van der Waals surface area contributed by atoms with Gasteiger partial charge in [0.25, 0.3) is 17.7 Å². The number of carbonyl (C=O) groups excluding carboxylic acids is 4. The van der Waals surface area contributed by atoms with Crippen molar-refractivity contribution in [2.75, 3.05) is 20.2 Å². The normalized spacial score (nSPS) is 18.9. The molecule has 182 valence electrons. The highest BCUT2D eigenvalue weighted by Gasteiger charge is 2.45. The molecule has 2 aromatic carbocycles. The van der Waals surface area contributed by atoms with E-state index in [2.05, 4.69) is 0 Å². The molecule has 8 heteroatoms. The summed E-state index contributed by atoms with van der Waals surface area (Å²) >= 11 is 0. The third-order valence-electron chi connectivity index (χ3n) is 7.06. The minimum Gasteiger partial charge on any atom is -0.497 e. The van der Waals surface area contributed by atoms with Crippen LogP contribution in [0.25, 0.3) is 0 Å². The molecule has 0 aromatic heterocycles. The second-order valence-electron chi connectivity index (χ2n) is 10.4. The highest BCUT2D eigenvalue weighted by molar-refractivity contribution is 6.22. The van der Waals surface area contributed by atoms with E-state index in [9.17, 15) is 19.2 Å². The lowest BCUT2D eigenvalue weighted by Crippen LogP contribution is -2.52. The standard InChI is InChI=1S/C27H28N2O6/c1-26(2,3)29-24(32)18-7-5-16(13-19(18)25(29)33)23(31)28-11-9-27(10-12-28)15-21(30)20-14-17(34-4)6-8-22(20)35-27/h5-8,13-14H,9-12,15H2,1-4H3. The molecule has 3 aliphatic heterocycles. The lowest BCUT2D eigenvalue weighted by molar-refractivity contribution is -0.00579. The lowest BCUT2D eigenvalue weighted by atomic mass is 9.82. The van der Waals surface area contributed by atoms with E-state index in [0.717, 1.165) is 0 Å². The molecule has 3 amide bonds. The first-order valence-electron chi connectivity index (χ1n) is 11.8. The highest BCUT2D eigenvalue weighted by atomic mass is 16.5. The van der Waals surface area contributed by atoms with Crippen LogP contribution in [0.2, 0.25) is 0 Å². The van der Waals surface area contributed by atoms with E-state index in [1.165, 1.54) is 11.0 Å². The minimum atomic E-state index is -0.653. The Morgan fingerprint density at radius 3 is 2.29 bits per heavy atom. The second-order valence-corrected chi connectivity index (χ2v) is 10.4. The Morgan fingerprint density at radius 2 is 1.63 bits per heavy atom. The SMILES string of the molecule is COc1ccc2c(c1)C(=O)CC1(CCN(C(=O)c3ccc4c(c3)C(=O)N(C(C)(C)C)C4=O)CC1)O2. The maximum Gasteiger partial charge on any atom is 0.262 e. The van der Waals surface area contributed by atoms with Crippen LogP contribution >= 0.6 is 0 Å². The highest BCUT2D eigenvalue weighted by Crippen LogP contribution is 2.41. The molecule has 0 radical (unpaired) electrons. The number of ketones is 1. The third kappa shape index (κ3) is 3.77. The summed E-state index contributed by atoms with van der Waals surface area (Å²) in [5.74, 6) is 0.242. The van der Waals surface area contributed by atoms with Gasteiger partial charge in [-0.25, -0.2) is 0 Å². The van der Waals surface area contributed by atoms with Gasteiger partial charge in [0.2, 0.25) is 0 Å². The number of hydrogen-bond donors (Lipinski definition) is 0. The van der Waals surface area contributed by atoms with Gasteiger partial charge in [0, 0.05) is 37.0 Å². The van der Waals surface area contributed by atoms with Crippen molar-refractivity contribution in [2.24, 2.45) is 0 Å². The first-order chi connectivity index (χ1) is 16.5. The summed E-state index contributed by atoms with van der Waals surface area (Å²) < 4.78 is 11.5. The Kier molecular flexibility index (Phi) is 5.23. The molecule has 3 heterocycles. The molecule has 35 heavy (non-hydrogen) atoms. The van der Waals surface area contributed by atoms with Crippen molar-refractivity contribution in [1.82, 2.24) is 9.80 Å². The molecule has 0 unspecified atom stereocenters. The summed E-state index contributed by atoms with van der Waals surface area (Å²) in [6.07, 6.45) is 1.31. The van der Waals surface area contributed by atoms with Crippen LogP contribution < -0.4 is 9.47 Å². The number of piperidine rings is 1. The van der Waals surface area contributed by atoms with Crippen LogP contribution in [0, 0.1) is 0 Å². The topological polar surface area (TPSA) is 93.2 Å².